The molecule has 0 aliphatic carbocycles. The zero-order valence-electron chi connectivity index (χ0n) is 13.8. The number of hydrogen-bond acceptors (Lipinski definition) is 2. The SMILES string of the molecule is O=S(=O)(NCc1ccccc1)N1CCC[C@@H]1CCc1ccccc1. The van der Waals surface area contributed by atoms with Gasteiger partial charge < -0.3 is 0 Å². The van der Waals surface area contributed by atoms with Crippen molar-refractivity contribution in [1.29, 1.82) is 0 Å². The Kier molecular flexibility index (Phi) is 5.66. The average Bonchev–Trinajstić information content (AvgIpc) is 3.10. The van der Waals surface area contributed by atoms with Crippen LogP contribution in [0.4, 0.5) is 0 Å². The maximum Gasteiger partial charge on any atom is 0.280 e. The second-order valence-electron chi connectivity index (χ2n) is 6.24. The van der Waals surface area contributed by atoms with Crippen LogP contribution in [0.1, 0.15) is 30.4 Å². The quantitative estimate of drug-likeness (QED) is 0.839. The van der Waals surface area contributed by atoms with E-state index in [4.69, 9.17) is 0 Å². The van der Waals surface area contributed by atoms with Crippen LogP contribution >= 0.6 is 0 Å². The van der Waals surface area contributed by atoms with Crippen molar-refractivity contribution >= 4 is 10.2 Å². The maximum absolute atomic E-state index is 12.6. The zero-order valence-corrected chi connectivity index (χ0v) is 14.6. The third kappa shape index (κ3) is 4.44. The molecule has 2 aromatic rings. The predicted molar refractivity (Wildman–Crippen MR) is 96.7 cm³/mol. The van der Waals surface area contributed by atoms with Gasteiger partial charge in [0, 0.05) is 19.1 Å². The maximum atomic E-state index is 12.6. The van der Waals surface area contributed by atoms with E-state index in [9.17, 15) is 8.42 Å². The van der Waals surface area contributed by atoms with Gasteiger partial charge in [0.25, 0.3) is 10.2 Å². The van der Waals surface area contributed by atoms with E-state index in [0.717, 1.165) is 31.2 Å². The molecule has 128 valence electrons. The van der Waals surface area contributed by atoms with Crippen LogP contribution in [-0.2, 0) is 23.2 Å². The molecule has 1 N–H and O–H groups in total. The Hall–Kier alpha value is -1.69. The summed E-state index contributed by atoms with van der Waals surface area (Å²) in [5.74, 6) is 0. The summed E-state index contributed by atoms with van der Waals surface area (Å²) in [6, 6.07) is 20.0. The largest absolute Gasteiger partial charge is 0.280 e. The lowest BCUT2D eigenvalue weighted by molar-refractivity contribution is 0.364. The Morgan fingerprint density at radius 1 is 0.958 bits per heavy atom. The van der Waals surface area contributed by atoms with Crippen molar-refractivity contribution in [1.82, 2.24) is 9.03 Å². The van der Waals surface area contributed by atoms with Crippen molar-refractivity contribution in [3.8, 4) is 0 Å². The average molecular weight is 344 g/mol. The monoisotopic (exact) mass is 344 g/mol. The fourth-order valence-electron chi connectivity index (χ4n) is 3.25. The molecule has 1 heterocycles. The van der Waals surface area contributed by atoms with Gasteiger partial charge in [0.15, 0.2) is 0 Å². The van der Waals surface area contributed by atoms with Crippen LogP contribution in [0.3, 0.4) is 0 Å². The lowest BCUT2D eigenvalue weighted by Gasteiger charge is -2.24. The van der Waals surface area contributed by atoms with Crippen LogP contribution < -0.4 is 4.72 Å². The lowest BCUT2D eigenvalue weighted by Crippen LogP contribution is -2.43. The number of nitrogens with zero attached hydrogens (tertiary/aromatic N) is 1. The Morgan fingerprint density at radius 3 is 2.25 bits per heavy atom. The fraction of sp³-hybridized carbons (Fsp3) is 0.368. The van der Waals surface area contributed by atoms with E-state index in [0.29, 0.717) is 13.1 Å². The van der Waals surface area contributed by atoms with Gasteiger partial charge in [-0.05, 0) is 36.8 Å². The summed E-state index contributed by atoms with van der Waals surface area (Å²) in [4.78, 5) is 0. The van der Waals surface area contributed by atoms with E-state index in [1.807, 2.05) is 48.5 Å². The van der Waals surface area contributed by atoms with Crippen LogP contribution in [0.15, 0.2) is 60.7 Å². The molecule has 1 saturated heterocycles. The molecule has 1 aliphatic heterocycles. The Labute approximate surface area is 144 Å². The summed E-state index contributed by atoms with van der Waals surface area (Å²) in [6.45, 7) is 0.953. The summed E-state index contributed by atoms with van der Waals surface area (Å²) < 4.78 is 29.7. The van der Waals surface area contributed by atoms with E-state index in [-0.39, 0.29) is 6.04 Å². The molecule has 24 heavy (non-hydrogen) atoms. The molecule has 0 radical (unpaired) electrons. The van der Waals surface area contributed by atoms with Crippen LogP contribution in [0.5, 0.6) is 0 Å². The molecule has 0 saturated carbocycles. The zero-order chi connectivity index (χ0) is 16.8. The highest BCUT2D eigenvalue weighted by Gasteiger charge is 2.33. The minimum atomic E-state index is -3.43. The van der Waals surface area contributed by atoms with E-state index >= 15 is 0 Å². The Morgan fingerprint density at radius 2 is 1.58 bits per heavy atom. The topological polar surface area (TPSA) is 49.4 Å². The molecule has 5 heteroatoms. The van der Waals surface area contributed by atoms with Crippen LogP contribution in [0.2, 0.25) is 0 Å². The second kappa shape index (κ2) is 7.92. The number of hydrogen-bond donors (Lipinski definition) is 1. The van der Waals surface area contributed by atoms with Crippen molar-refractivity contribution in [2.24, 2.45) is 0 Å². The number of rotatable bonds is 7. The number of aryl methyl sites for hydroxylation is 1. The minimum absolute atomic E-state index is 0.0958. The summed E-state index contributed by atoms with van der Waals surface area (Å²) in [6.07, 6.45) is 3.66. The van der Waals surface area contributed by atoms with Crippen LogP contribution in [-0.4, -0.2) is 25.3 Å². The first-order valence-electron chi connectivity index (χ1n) is 8.49. The number of benzene rings is 2. The standard InChI is InChI=1S/C19H24N2O2S/c22-24(23,20-16-18-10-5-2-6-11-18)21-15-7-12-19(21)14-13-17-8-3-1-4-9-17/h1-6,8-11,19-20H,7,12-16H2/t19-/m1/s1. The number of nitrogens with one attached hydrogen (secondary N) is 1. The highest BCUT2D eigenvalue weighted by Crippen LogP contribution is 2.24. The minimum Gasteiger partial charge on any atom is -0.198 e. The summed E-state index contributed by atoms with van der Waals surface area (Å²) in [5.41, 5.74) is 2.24. The third-order valence-electron chi connectivity index (χ3n) is 4.54. The van der Waals surface area contributed by atoms with Crippen LogP contribution in [0.25, 0.3) is 0 Å². The molecular weight excluding hydrogens is 320 g/mol. The molecule has 0 aromatic heterocycles. The van der Waals surface area contributed by atoms with Gasteiger partial charge in [-0.15, -0.1) is 0 Å². The molecule has 1 atom stereocenters. The van der Waals surface area contributed by atoms with Gasteiger partial charge in [0.05, 0.1) is 0 Å². The van der Waals surface area contributed by atoms with Gasteiger partial charge in [-0.1, -0.05) is 60.7 Å². The molecule has 2 aromatic carbocycles. The van der Waals surface area contributed by atoms with Gasteiger partial charge in [0.1, 0.15) is 0 Å². The van der Waals surface area contributed by atoms with Crippen molar-refractivity contribution in [2.75, 3.05) is 6.54 Å². The Bertz CT molecular complexity index is 732. The van der Waals surface area contributed by atoms with Crippen LogP contribution in [0, 0.1) is 0 Å². The molecule has 0 spiro atoms. The molecule has 0 bridgehead atoms. The predicted octanol–water partition coefficient (Wildman–Crippen LogP) is 3.12. The fourth-order valence-corrected chi connectivity index (χ4v) is 4.73. The molecule has 4 nitrogen and oxygen atoms in total. The second-order valence-corrected chi connectivity index (χ2v) is 7.95. The highest BCUT2D eigenvalue weighted by molar-refractivity contribution is 7.87. The molecule has 0 unspecified atom stereocenters. The normalized spacial score (nSPS) is 18.8. The molecule has 1 fully saturated rings. The Balaban J connectivity index is 1.59. The summed E-state index contributed by atoms with van der Waals surface area (Å²) >= 11 is 0. The van der Waals surface area contributed by atoms with Crippen molar-refractivity contribution in [3.63, 3.8) is 0 Å². The van der Waals surface area contributed by atoms with Gasteiger partial charge in [-0.25, -0.2) is 0 Å². The molecule has 1 aliphatic rings. The molecule has 3 rings (SSSR count). The van der Waals surface area contributed by atoms with Crippen molar-refractivity contribution in [2.45, 2.75) is 38.3 Å². The van der Waals surface area contributed by atoms with Crippen molar-refractivity contribution in [3.05, 3.63) is 71.8 Å². The first-order valence-corrected chi connectivity index (χ1v) is 9.93. The van der Waals surface area contributed by atoms with E-state index in [1.54, 1.807) is 4.31 Å². The van der Waals surface area contributed by atoms with Gasteiger partial charge in [-0.2, -0.15) is 17.4 Å². The summed E-state index contributed by atoms with van der Waals surface area (Å²) in [5, 5.41) is 0. The van der Waals surface area contributed by atoms with E-state index in [2.05, 4.69) is 16.9 Å². The molecule has 0 amide bonds. The lowest BCUT2D eigenvalue weighted by atomic mass is 10.0. The van der Waals surface area contributed by atoms with Gasteiger partial charge >= 0.3 is 0 Å². The highest BCUT2D eigenvalue weighted by atomic mass is 32.2. The smallest absolute Gasteiger partial charge is 0.198 e. The van der Waals surface area contributed by atoms with E-state index in [1.165, 1.54) is 5.56 Å². The van der Waals surface area contributed by atoms with E-state index < -0.39 is 10.2 Å². The van der Waals surface area contributed by atoms with Gasteiger partial charge in [-0.3, -0.25) is 0 Å². The first kappa shape index (κ1) is 17.1. The third-order valence-corrected chi connectivity index (χ3v) is 6.15. The molecular formula is C19H24N2O2S. The van der Waals surface area contributed by atoms with Gasteiger partial charge in [0.2, 0.25) is 0 Å². The summed E-state index contributed by atoms with van der Waals surface area (Å²) in [7, 11) is -3.43. The first-order chi connectivity index (χ1) is 11.6. The van der Waals surface area contributed by atoms with Crippen molar-refractivity contribution < 1.29 is 8.42 Å².